The molecule has 2 amide bonds. The van der Waals surface area contributed by atoms with Gasteiger partial charge in [-0.1, -0.05) is 13.3 Å². The van der Waals surface area contributed by atoms with Gasteiger partial charge in [0.25, 0.3) is 0 Å². The molecular formula is C7H16N2OS. The first kappa shape index (κ1) is 10.6. The van der Waals surface area contributed by atoms with Crippen LogP contribution in [0, 0.1) is 0 Å². The van der Waals surface area contributed by atoms with E-state index in [1.165, 1.54) is 0 Å². The lowest BCUT2D eigenvalue weighted by atomic mass is 10.2. The monoisotopic (exact) mass is 176 g/mol. The van der Waals surface area contributed by atoms with Crippen LogP contribution < -0.4 is 10.6 Å². The van der Waals surface area contributed by atoms with Crippen molar-refractivity contribution in [1.82, 2.24) is 10.6 Å². The third-order valence-corrected chi connectivity index (χ3v) is 1.86. The number of hydrogen-bond donors (Lipinski definition) is 3. The molecule has 0 heterocycles. The van der Waals surface area contributed by atoms with Gasteiger partial charge in [-0.05, 0) is 6.42 Å². The average molecular weight is 176 g/mol. The zero-order valence-corrected chi connectivity index (χ0v) is 7.95. The number of hydrogen-bond acceptors (Lipinski definition) is 2. The Hall–Kier alpha value is -0.380. The molecule has 0 radical (unpaired) electrons. The first-order chi connectivity index (χ1) is 5.24. The smallest absolute Gasteiger partial charge is 0.314 e. The summed E-state index contributed by atoms with van der Waals surface area (Å²) in [5, 5.41) is 5.30. The first-order valence-corrected chi connectivity index (χ1v) is 4.47. The van der Waals surface area contributed by atoms with Crippen LogP contribution in [0.1, 0.15) is 19.8 Å². The van der Waals surface area contributed by atoms with Gasteiger partial charge < -0.3 is 10.6 Å². The van der Waals surface area contributed by atoms with Gasteiger partial charge in [0.1, 0.15) is 0 Å². The number of amides is 2. The molecule has 1 atom stereocenters. The van der Waals surface area contributed by atoms with Crippen molar-refractivity contribution in [3.05, 3.63) is 0 Å². The number of carbonyl (C=O) groups excluding carboxylic acids is 1. The first-order valence-electron chi connectivity index (χ1n) is 3.83. The van der Waals surface area contributed by atoms with E-state index in [-0.39, 0.29) is 12.1 Å². The summed E-state index contributed by atoms with van der Waals surface area (Å²) < 4.78 is 0. The highest BCUT2D eigenvalue weighted by Crippen LogP contribution is 1.97. The fraction of sp³-hybridized carbons (Fsp3) is 0.857. The second-order valence-electron chi connectivity index (χ2n) is 2.39. The van der Waals surface area contributed by atoms with Gasteiger partial charge >= 0.3 is 6.03 Å². The van der Waals surface area contributed by atoms with Crippen LogP contribution in [0.15, 0.2) is 0 Å². The van der Waals surface area contributed by atoms with Gasteiger partial charge in [0.15, 0.2) is 0 Å². The van der Waals surface area contributed by atoms with Gasteiger partial charge in [0.05, 0.1) is 0 Å². The molecule has 3 nitrogen and oxygen atoms in total. The van der Waals surface area contributed by atoms with E-state index in [1.54, 1.807) is 7.05 Å². The van der Waals surface area contributed by atoms with E-state index in [0.717, 1.165) is 12.8 Å². The molecule has 1 unspecified atom stereocenters. The van der Waals surface area contributed by atoms with Crippen LogP contribution in [0.4, 0.5) is 4.79 Å². The standard InChI is InChI=1S/C7H16N2OS/c1-3-4-6(5-11)9-7(10)8-2/h6,11H,3-5H2,1-2H3,(H2,8,9,10). The largest absolute Gasteiger partial charge is 0.341 e. The molecule has 0 fully saturated rings. The van der Waals surface area contributed by atoms with Crippen molar-refractivity contribution in [2.75, 3.05) is 12.8 Å². The van der Waals surface area contributed by atoms with Crippen molar-refractivity contribution in [2.24, 2.45) is 0 Å². The van der Waals surface area contributed by atoms with Gasteiger partial charge in [-0.25, -0.2) is 4.79 Å². The Balaban J connectivity index is 3.58. The number of carbonyl (C=O) groups is 1. The van der Waals surface area contributed by atoms with E-state index in [9.17, 15) is 4.79 Å². The van der Waals surface area contributed by atoms with Gasteiger partial charge in [-0.15, -0.1) is 0 Å². The third kappa shape index (κ3) is 4.95. The molecule has 0 spiro atoms. The quantitative estimate of drug-likeness (QED) is 0.550. The second-order valence-corrected chi connectivity index (χ2v) is 2.76. The van der Waals surface area contributed by atoms with Gasteiger partial charge in [-0.3, -0.25) is 0 Å². The van der Waals surface area contributed by atoms with E-state index in [2.05, 4.69) is 30.2 Å². The summed E-state index contributed by atoms with van der Waals surface area (Å²) in [5.41, 5.74) is 0. The zero-order chi connectivity index (χ0) is 8.69. The van der Waals surface area contributed by atoms with Crippen molar-refractivity contribution in [3.63, 3.8) is 0 Å². The maximum Gasteiger partial charge on any atom is 0.314 e. The Labute approximate surface area is 73.3 Å². The van der Waals surface area contributed by atoms with E-state index in [0.29, 0.717) is 5.75 Å². The maximum absolute atomic E-state index is 10.8. The highest BCUT2D eigenvalue weighted by molar-refractivity contribution is 7.80. The highest BCUT2D eigenvalue weighted by Gasteiger charge is 2.06. The topological polar surface area (TPSA) is 41.1 Å². The van der Waals surface area contributed by atoms with Crippen molar-refractivity contribution in [1.29, 1.82) is 0 Å². The molecule has 0 aliphatic rings. The molecule has 66 valence electrons. The number of urea groups is 1. The molecule has 2 N–H and O–H groups in total. The minimum absolute atomic E-state index is 0.127. The van der Waals surface area contributed by atoms with Crippen LogP contribution in [-0.4, -0.2) is 24.9 Å². The maximum atomic E-state index is 10.8. The summed E-state index contributed by atoms with van der Waals surface area (Å²) in [6.45, 7) is 2.09. The fourth-order valence-electron chi connectivity index (χ4n) is 0.815. The molecule has 11 heavy (non-hydrogen) atoms. The number of thiol groups is 1. The summed E-state index contributed by atoms with van der Waals surface area (Å²) in [4.78, 5) is 10.8. The molecule has 0 aromatic heterocycles. The zero-order valence-electron chi connectivity index (χ0n) is 7.05. The van der Waals surface area contributed by atoms with Crippen LogP contribution >= 0.6 is 12.6 Å². The van der Waals surface area contributed by atoms with Crippen LogP contribution in [0.5, 0.6) is 0 Å². The van der Waals surface area contributed by atoms with Crippen LogP contribution in [-0.2, 0) is 0 Å². The van der Waals surface area contributed by atoms with Crippen molar-refractivity contribution >= 4 is 18.7 Å². The Morgan fingerprint density at radius 3 is 2.64 bits per heavy atom. The predicted molar refractivity (Wildman–Crippen MR) is 50.1 cm³/mol. The Bertz CT molecular complexity index is 119. The molecule has 4 heteroatoms. The summed E-state index contributed by atoms with van der Waals surface area (Å²) in [7, 11) is 1.61. The lowest BCUT2D eigenvalue weighted by Gasteiger charge is -2.14. The van der Waals surface area contributed by atoms with Gasteiger partial charge in [0, 0.05) is 18.8 Å². The summed E-state index contributed by atoms with van der Waals surface area (Å²) >= 11 is 4.12. The summed E-state index contributed by atoms with van der Waals surface area (Å²) in [5.74, 6) is 0.696. The molecule has 0 saturated carbocycles. The van der Waals surface area contributed by atoms with E-state index < -0.39 is 0 Å². The molecule has 0 saturated heterocycles. The summed E-state index contributed by atoms with van der Waals surface area (Å²) in [6.07, 6.45) is 2.05. The van der Waals surface area contributed by atoms with Crippen molar-refractivity contribution in [2.45, 2.75) is 25.8 Å². The molecule has 0 rings (SSSR count). The fourth-order valence-corrected chi connectivity index (χ4v) is 1.09. The number of nitrogens with one attached hydrogen (secondary N) is 2. The Morgan fingerprint density at radius 2 is 2.27 bits per heavy atom. The molecule has 0 bridgehead atoms. The van der Waals surface area contributed by atoms with Gasteiger partial charge in [-0.2, -0.15) is 12.6 Å². The third-order valence-electron chi connectivity index (χ3n) is 1.42. The van der Waals surface area contributed by atoms with Crippen molar-refractivity contribution in [3.8, 4) is 0 Å². The van der Waals surface area contributed by atoms with E-state index in [1.807, 2.05) is 0 Å². The average Bonchev–Trinajstić information content (AvgIpc) is 2.03. The van der Waals surface area contributed by atoms with Crippen LogP contribution in [0.2, 0.25) is 0 Å². The molecule has 0 aromatic rings. The lowest BCUT2D eigenvalue weighted by Crippen LogP contribution is -2.41. The highest BCUT2D eigenvalue weighted by atomic mass is 32.1. The molecular weight excluding hydrogens is 160 g/mol. The summed E-state index contributed by atoms with van der Waals surface area (Å²) in [6, 6.07) is 0.0702. The second kappa shape index (κ2) is 6.34. The SMILES string of the molecule is CCCC(CS)NC(=O)NC. The van der Waals surface area contributed by atoms with Crippen molar-refractivity contribution < 1.29 is 4.79 Å². The molecule has 0 aromatic carbocycles. The van der Waals surface area contributed by atoms with E-state index in [4.69, 9.17) is 0 Å². The van der Waals surface area contributed by atoms with E-state index >= 15 is 0 Å². The predicted octanol–water partition coefficient (Wildman–Crippen LogP) is 1.01. The Kier molecular flexibility index (Phi) is 6.12. The lowest BCUT2D eigenvalue weighted by molar-refractivity contribution is 0.239. The number of rotatable bonds is 4. The van der Waals surface area contributed by atoms with Crippen LogP contribution in [0.25, 0.3) is 0 Å². The normalized spacial score (nSPS) is 12.3. The van der Waals surface area contributed by atoms with Gasteiger partial charge in [0.2, 0.25) is 0 Å². The Morgan fingerprint density at radius 1 is 1.64 bits per heavy atom. The minimum atomic E-state index is -0.127. The minimum Gasteiger partial charge on any atom is -0.341 e. The van der Waals surface area contributed by atoms with Crippen LogP contribution in [0.3, 0.4) is 0 Å². The molecule has 0 aliphatic heterocycles. The molecule has 0 aliphatic carbocycles.